The van der Waals surface area contributed by atoms with Crippen LogP contribution in [0.4, 0.5) is 5.69 Å². The number of likely N-dealkylation sites (tertiary alicyclic amines) is 1. The molecule has 1 saturated heterocycles. The van der Waals surface area contributed by atoms with Crippen molar-refractivity contribution in [2.75, 3.05) is 18.5 Å². The first-order chi connectivity index (χ1) is 12.1. The van der Waals surface area contributed by atoms with E-state index >= 15 is 0 Å². The molecule has 2 amide bonds. The zero-order chi connectivity index (χ0) is 17.4. The van der Waals surface area contributed by atoms with Crippen molar-refractivity contribution >= 4 is 17.5 Å². The molecule has 25 heavy (non-hydrogen) atoms. The van der Waals surface area contributed by atoms with Crippen LogP contribution < -0.4 is 10.1 Å². The van der Waals surface area contributed by atoms with Crippen LogP contribution >= 0.6 is 0 Å². The maximum absolute atomic E-state index is 13.0. The summed E-state index contributed by atoms with van der Waals surface area (Å²) in [4.78, 5) is 26.3. The number of hydrogen-bond acceptors (Lipinski definition) is 3. The summed E-state index contributed by atoms with van der Waals surface area (Å²) in [6.45, 7) is 2.81. The number of aryl methyl sites for hydroxylation is 1. The maximum atomic E-state index is 13.0. The minimum Gasteiger partial charge on any atom is -0.482 e. The van der Waals surface area contributed by atoms with Crippen molar-refractivity contribution in [2.24, 2.45) is 0 Å². The molecule has 1 atom stereocenters. The number of ether oxygens (including phenoxy) is 1. The molecule has 2 aliphatic rings. The molecule has 1 N–H and O–H groups in total. The number of anilines is 1. The molecular weight excluding hydrogens is 316 g/mol. The van der Waals surface area contributed by atoms with Crippen LogP contribution in [0.2, 0.25) is 0 Å². The summed E-state index contributed by atoms with van der Waals surface area (Å²) in [5.41, 5.74) is 3.60. The first-order valence-electron chi connectivity index (χ1n) is 8.56. The van der Waals surface area contributed by atoms with Gasteiger partial charge in [0.2, 0.25) is 0 Å². The van der Waals surface area contributed by atoms with Gasteiger partial charge in [-0.25, -0.2) is 0 Å². The van der Waals surface area contributed by atoms with Crippen LogP contribution in [0.25, 0.3) is 0 Å². The largest absolute Gasteiger partial charge is 0.482 e. The molecule has 5 heteroatoms. The summed E-state index contributed by atoms with van der Waals surface area (Å²) in [6.07, 6.45) is 1.98. The van der Waals surface area contributed by atoms with Crippen molar-refractivity contribution in [3.63, 3.8) is 0 Å². The van der Waals surface area contributed by atoms with E-state index in [1.165, 1.54) is 11.1 Å². The Kier molecular flexibility index (Phi) is 3.92. The highest BCUT2D eigenvalue weighted by atomic mass is 16.5. The second-order valence-electron chi connectivity index (χ2n) is 6.62. The van der Waals surface area contributed by atoms with Gasteiger partial charge in [-0.05, 0) is 43.5 Å². The third-order valence-electron chi connectivity index (χ3n) is 4.84. The van der Waals surface area contributed by atoms with Gasteiger partial charge in [0.1, 0.15) is 5.75 Å². The van der Waals surface area contributed by atoms with E-state index in [1.54, 1.807) is 18.2 Å². The van der Waals surface area contributed by atoms with Crippen molar-refractivity contribution in [1.29, 1.82) is 0 Å². The number of nitrogens with one attached hydrogen (secondary N) is 1. The van der Waals surface area contributed by atoms with Gasteiger partial charge in [0.15, 0.2) is 6.61 Å². The molecule has 128 valence electrons. The Hall–Kier alpha value is -2.82. The summed E-state index contributed by atoms with van der Waals surface area (Å²) in [6, 6.07) is 13.7. The molecule has 0 bridgehead atoms. The number of nitrogens with zero attached hydrogens (tertiary/aromatic N) is 1. The van der Waals surface area contributed by atoms with Gasteiger partial charge in [0, 0.05) is 12.1 Å². The third-order valence-corrected chi connectivity index (χ3v) is 4.84. The maximum Gasteiger partial charge on any atom is 0.262 e. The van der Waals surface area contributed by atoms with Crippen LogP contribution in [0.15, 0.2) is 42.5 Å². The van der Waals surface area contributed by atoms with Crippen molar-refractivity contribution in [1.82, 2.24) is 4.90 Å². The van der Waals surface area contributed by atoms with Gasteiger partial charge in [-0.2, -0.15) is 0 Å². The third kappa shape index (κ3) is 2.97. The molecule has 5 nitrogen and oxygen atoms in total. The van der Waals surface area contributed by atoms with E-state index in [1.807, 2.05) is 4.90 Å². The Labute approximate surface area is 146 Å². The van der Waals surface area contributed by atoms with E-state index < -0.39 is 0 Å². The molecule has 2 aromatic carbocycles. The Bertz CT molecular complexity index is 829. The molecule has 1 unspecified atom stereocenters. The second-order valence-corrected chi connectivity index (χ2v) is 6.62. The first-order valence-corrected chi connectivity index (χ1v) is 8.56. The van der Waals surface area contributed by atoms with E-state index in [9.17, 15) is 9.59 Å². The zero-order valence-electron chi connectivity index (χ0n) is 14.1. The lowest BCUT2D eigenvalue weighted by atomic mass is 10.0. The Morgan fingerprint density at radius 2 is 2.00 bits per heavy atom. The van der Waals surface area contributed by atoms with E-state index in [0.717, 1.165) is 19.4 Å². The van der Waals surface area contributed by atoms with Crippen LogP contribution in [-0.2, 0) is 4.79 Å². The van der Waals surface area contributed by atoms with Crippen molar-refractivity contribution in [3.05, 3.63) is 59.2 Å². The summed E-state index contributed by atoms with van der Waals surface area (Å²) in [5, 5.41) is 2.75. The lowest BCUT2D eigenvalue weighted by molar-refractivity contribution is -0.118. The lowest BCUT2D eigenvalue weighted by Gasteiger charge is -2.26. The molecule has 0 radical (unpaired) electrons. The molecule has 0 aromatic heterocycles. The molecule has 2 aromatic rings. The quantitative estimate of drug-likeness (QED) is 0.915. The zero-order valence-corrected chi connectivity index (χ0v) is 14.1. The van der Waals surface area contributed by atoms with Crippen LogP contribution in [0, 0.1) is 6.92 Å². The number of amides is 2. The summed E-state index contributed by atoms with van der Waals surface area (Å²) in [5.74, 6) is 0.383. The van der Waals surface area contributed by atoms with Crippen molar-refractivity contribution < 1.29 is 14.3 Å². The predicted octanol–water partition coefficient (Wildman–Crippen LogP) is 3.30. The number of hydrogen-bond donors (Lipinski definition) is 1. The van der Waals surface area contributed by atoms with Gasteiger partial charge in [0.25, 0.3) is 11.8 Å². The smallest absolute Gasteiger partial charge is 0.262 e. The number of fused-ring (bicyclic) bond motifs is 1. The summed E-state index contributed by atoms with van der Waals surface area (Å²) in [7, 11) is 0. The Morgan fingerprint density at radius 1 is 1.20 bits per heavy atom. The molecule has 1 fully saturated rings. The van der Waals surface area contributed by atoms with E-state index in [-0.39, 0.29) is 24.5 Å². The van der Waals surface area contributed by atoms with Gasteiger partial charge in [-0.1, -0.05) is 29.8 Å². The fourth-order valence-corrected chi connectivity index (χ4v) is 3.52. The van der Waals surface area contributed by atoms with E-state index in [2.05, 4.69) is 36.5 Å². The lowest BCUT2D eigenvalue weighted by Crippen LogP contribution is -2.31. The van der Waals surface area contributed by atoms with Gasteiger partial charge >= 0.3 is 0 Å². The molecule has 2 aliphatic heterocycles. The Balaban J connectivity index is 1.59. The topological polar surface area (TPSA) is 58.6 Å². The molecule has 0 aliphatic carbocycles. The van der Waals surface area contributed by atoms with Crippen molar-refractivity contribution in [2.45, 2.75) is 25.8 Å². The highest BCUT2D eigenvalue weighted by Gasteiger charge is 2.31. The second kappa shape index (κ2) is 6.24. The van der Waals surface area contributed by atoms with Crippen LogP contribution in [0.5, 0.6) is 5.75 Å². The van der Waals surface area contributed by atoms with Crippen LogP contribution in [0.1, 0.15) is 40.4 Å². The fraction of sp³-hybridized carbons (Fsp3) is 0.300. The minimum atomic E-state index is -0.175. The number of benzene rings is 2. The number of carbonyl (C=O) groups excluding carboxylic acids is 2. The van der Waals surface area contributed by atoms with Crippen molar-refractivity contribution in [3.8, 4) is 5.75 Å². The van der Waals surface area contributed by atoms with Crippen LogP contribution in [-0.4, -0.2) is 29.9 Å². The van der Waals surface area contributed by atoms with Gasteiger partial charge in [-0.15, -0.1) is 0 Å². The van der Waals surface area contributed by atoms with E-state index in [4.69, 9.17) is 4.74 Å². The monoisotopic (exact) mass is 336 g/mol. The highest BCUT2D eigenvalue weighted by Crippen LogP contribution is 2.35. The molecule has 4 rings (SSSR count). The van der Waals surface area contributed by atoms with E-state index in [0.29, 0.717) is 17.0 Å². The number of carbonyl (C=O) groups is 2. The predicted molar refractivity (Wildman–Crippen MR) is 94.8 cm³/mol. The average molecular weight is 336 g/mol. The SMILES string of the molecule is Cc1ccc(C2CCCN2C(=O)c2ccc3c(c2)OCC(=O)N3)cc1. The van der Waals surface area contributed by atoms with Gasteiger partial charge in [-0.3, -0.25) is 9.59 Å². The van der Waals surface area contributed by atoms with Gasteiger partial charge in [0.05, 0.1) is 11.7 Å². The van der Waals surface area contributed by atoms with Gasteiger partial charge < -0.3 is 15.0 Å². The molecular formula is C20H20N2O3. The van der Waals surface area contributed by atoms with Crippen LogP contribution in [0.3, 0.4) is 0 Å². The molecule has 0 spiro atoms. The highest BCUT2D eigenvalue weighted by molar-refractivity contribution is 5.99. The summed E-state index contributed by atoms with van der Waals surface area (Å²) >= 11 is 0. The normalized spacial score (nSPS) is 19.2. The standard InChI is InChI=1S/C20H20N2O3/c1-13-4-6-14(7-5-13)17-3-2-10-22(17)20(24)15-8-9-16-18(11-15)25-12-19(23)21-16/h4-9,11,17H,2-3,10,12H2,1H3,(H,21,23). The molecule has 2 heterocycles. The first kappa shape index (κ1) is 15.7. The molecule has 0 saturated carbocycles. The number of rotatable bonds is 2. The minimum absolute atomic E-state index is 0.00590. The average Bonchev–Trinajstić information content (AvgIpc) is 3.11. The Morgan fingerprint density at radius 3 is 2.80 bits per heavy atom. The summed E-state index contributed by atoms with van der Waals surface area (Å²) < 4.78 is 5.43. The fourth-order valence-electron chi connectivity index (χ4n) is 3.52.